The second-order valence-corrected chi connectivity index (χ2v) is 5.40. The molecule has 2 rings (SSSR count). The van der Waals surface area contributed by atoms with Crippen molar-refractivity contribution in [1.29, 1.82) is 0 Å². The van der Waals surface area contributed by atoms with Crippen LogP contribution in [-0.4, -0.2) is 19.1 Å². The van der Waals surface area contributed by atoms with Crippen LogP contribution in [0.2, 0.25) is 0 Å². The Kier molecular flexibility index (Phi) is 5.57. The Morgan fingerprint density at radius 3 is 2.52 bits per heavy atom. The van der Waals surface area contributed by atoms with Crippen molar-refractivity contribution < 1.29 is 13.9 Å². The summed E-state index contributed by atoms with van der Waals surface area (Å²) in [6.45, 7) is 3.86. The van der Waals surface area contributed by atoms with Crippen molar-refractivity contribution in [3.8, 4) is 5.75 Å². The molecule has 0 saturated heterocycles. The van der Waals surface area contributed by atoms with Gasteiger partial charge in [-0.05, 0) is 49.2 Å². The second-order valence-electron chi connectivity index (χ2n) is 5.40. The molecule has 0 aliphatic rings. The second kappa shape index (κ2) is 7.63. The molecule has 0 fully saturated rings. The first-order chi connectivity index (χ1) is 11.0. The van der Waals surface area contributed by atoms with E-state index >= 15 is 0 Å². The van der Waals surface area contributed by atoms with Gasteiger partial charge in [-0.2, -0.15) is 0 Å². The topological polar surface area (TPSA) is 50.4 Å². The highest BCUT2D eigenvalue weighted by molar-refractivity contribution is 5.84. The molecule has 23 heavy (non-hydrogen) atoms. The van der Waals surface area contributed by atoms with Crippen LogP contribution in [-0.2, 0) is 11.3 Å². The number of carbonyl (C=O) groups is 1. The van der Waals surface area contributed by atoms with Crippen molar-refractivity contribution in [3.05, 3.63) is 59.4 Å². The predicted octanol–water partition coefficient (Wildman–Crippen LogP) is 3.26. The summed E-state index contributed by atoms with van der Waals surface area (Å²) in [5.74, 6) is 0.333. The zero-order chi connectivity index (χ0) is 16.8. The number of ether oxygens (including phenoxy) is 1. The summed E-state index contributed by atoms with van der Waals surface area (Å²) < 4.78 is 18.6. The molecule has 2 aromatic carbocycles. The fourth-order valence-corrected chi connectivity index (χ4v) is 2.08. The van der Waals surface area contributed by atoms with Crippen LogP contribution in [0, 0.1) is 12.7 Å². The van der Waals surface area contributed by atoms with Gasteiger partial charge in [-0.15, -0.1) is 0 Å². The van der Waals surface area contributed by atoms with Gasteiger partial charge < -0.3 is 15.4 Å². The molecule has 0 unspecified atom stereocenters. The molecule has 0 aromatic heterocycles. The van der Waals surface area contributed by atoms with Crippen molar-refractivity contribution in [2.24, 2.45) is 0 Å². The Hall–Kier alpha value is -2.56. The summed E-state index contributed by atoms with van der Waals surface area (Å²) in [5.41, 5.74) is 2.14. The number of anilines is 1. The largest absolute Gasteiger partial charge is 0.497 e. The molecule has 0 spiro atoms. The average Bonchev–Trinajstić information content (AvgIpc) is 2.56. The van der Waals surface area contributed by atoms with E-state index in [4.69, 9.17) is 4.74 Å². The molecule has 0 heterocycles. The minimum atomic E-state index is -0.463. The fourth-order valence-electron chi connectivity index (χ4n) is 2.08. The molecule has 0 saturated carbocycles. The van der Waals surface area contributed by atoms with E-state index in [1.807, 2.05) is 24.3 Å². The van der Waals surface area contributed by atoms with E-state index in [2.05, 4.69) is 10.6 Å². The Balaban J connectivity index is 1.87. The van der Waals surface area contributed by atoms with Gasteiger partial charge in [0.25, 0.3) is 0 Å². The summed E-state index contributed by atoms with van der Waals surface area (Å²) >= 11 is 0. The maximum absolute atomic E-state index is 13.5. The lowest BCUT2D eigenvalue weighted by Gasteiger charge is -2.16. The van der Waals surface area contributed by atoms with Crippen LogP contribution in [0.1, 0.15) is 18.1 Å². The Labute approximate surface area is 135 Å². The highest BCUT2D eigenvalue weighted by Gasteiger charge is 2.12. The SMILES string of the molecule is COc1ccc(CNC(=O)[C@H](C)Nc2ccc(C)c(F)c2)cc1. The Morgan fingerprint density at radius 2 is 1.91 bits per heavy atom. The number of carbonyl (C=O) groups excluding carboxylic acids is 1. The molecule has 1 amide bonds. The van der Waals surface area contributed by atoms with Crippen LogP contribution >= 0.6 is 0 Å². The van der Waals surface area contributed by atoms with Crippen LogP contribution in [0.3, 0.4) is 0 Å². The lowest BCUT2D eigenvalue weighted by atomic mass is 10.2. The van der Waals surface area contributed by atoms with Crippen molar-refractivity contribution in [3.63, 3.8) is 0 Å². The summed E-state index contributed by atoms with van der Waals surface area (Å²) in [6.07, 6.45) is 0. The summed E-state index contributed by atoms with van der Waals surface area (Å²) in [6, 6.07) is 11.8. The first-order valence-corrected chi connectivity index (χ1v) is 7.43. The number of hydrogen-bond donors (Lipinski definition) is 2. The number of benzene rings is 2. The van der Waals surface area contributed by atoms with Crippen LogP contribution in [0.15, 0.2) is 42.5 Å². The van der Waals surface area contributed by atoms with Crippen LogP contribution in [0.4, 0.5) is 10.1 Å². The lowest BCUT2D eigenvalue weighted by molar-refractivity contribution is -0.121. The van der Waals surface area contributed by atoms with E-state index in [0.29, 0.717) is 17.8 Å². The standard InChI is InChI=1S/C18H21FN2O2/c1-12-4-7-15(10-17(12)19)21-13(2)18(22)20-11-14-5-8-16(23-3)9-6-14/h4-10,13,21H,11H2,1-3H3,(H,20,22)/t13-/m0/s1. The number of amides is 1. The average molecular weight is 316 g/mol. The van der Waals surface area contributed by atoms with Gasteiger partial charge in [-0.25, -0.2) is 4.39 Å². The number of aryl methyl sites for hydroxylation is 1. The molecule has 0 radical (unpaired) electrons. The fraction of sp³-hybridized carbons (Fsp3) is 0.278. The van der Waals surface area contributed by atoms with E-state index in [-0.39, 0.29) is 11.7 Å². The number of halogens is 1. The number of methoxy groups -OCH3 is 1. The van der Waals surface area contributed by atoms with Crippen molar-refractivity contribution >= 4 is 11.6 Å². The van der Waals surface area contributed by atoms with Gasteiger partial charge in [0.2, 0.25) is 5.91 Å². The third kappa shape index (κ3) is 4.71. The summed E-state index contributed by atoms with van der Waals surface area (Å²) in [4.78, 5) is 12.1. The van der Waals surface area contributed by atoms with Gasteiger partial charge >= 0.3 is 0 Å². The first kappa shape index (κ1) is 16.8. The minimum absolute atomic E-state index is 0.151. The third-order valence-corrected chi connectivity index (χ3v) is 3.57. The van der Waals surface area contributed by atoms with Gasteiger partial charge in [0, 0.05) is 12.2 Å². The van der Waals surface area contributed by atoms with Crippen LogP contribution in [0.25, 0.3) is 0 Å². The monoisotopic (exact) mass is 316 g/mol. The lowest BCUT2D eigenvalue weighted by Crippen LogP contribution is -2.37. The zero-order valence-electron chi connectivity index (χ0n) is 13.5. The van der Waals surface area contributed by atoms with E-state index in [1.165, 1.54) is 6.07 Å². The van der Waals surface area contributed by atoms with Crippen LogP contribution < -0.4 is 15.4 Å². The molecule has 0 bridgehead atoms. The molecule has 2 N–H and O–H groups in total. The zero-order valence-corrected chi connectivity index (χ0v) is 13.5. The molecule has 0 aliphatic carbocycles. The van der Waals surface area contributed by atoms with E-state index in [1.54, 1.807) is 33.1 Å². The number of nitrogens with one attached hydrogen (secondary N) is 2. The smallest absolute Gasteiger partial charge is 0.242 e. The maximum atomic E-state index is 13.5. The van der Waals surface area contributed by atoms with Gasteiger partial charge in [0.05, 0.1) is 7.11 Å². The number of hydrogen-bond acceptors (Lipinski definition) is 3. The molecule has 4 nitrogen and oxygen atoms in total. The molecule has 0 aliphatic heterocycles. The van der Waals surface area contributed by atoms with Crippen molar-refractivity contribution in [1.82, 2.24) is 5.32 Å². The van der Waals surface area contributed by atoms with Gasteiger partial charge in [0.15, 0.2) is 0 Å². The first-order valence-electron chi connectivity index (χ1n) is 7.43. The summed E-state index contributed by atoms with van der Waals surface area (Å²) in [7, 11) is 1.61. The van der Waals surface area contributed by atoms with Crippen molar-refractivity contribution in [2.75, 3.05) is 12.4 Å². The normalized spacial score (nSPS) is 11.7. The van der Waals surface area contributed by atoms with Gasteiger partial charge in [-0.3, -0.25) is 4.79 Å². The molecule has 1 atom stereocenters. The Bertz CT molecular complexity index is 671. The van der Waals surface area contributed by atoms with Gasteiger partial charge in [-0.1, -0.05) is 18.2 Å². The van der Waals surface area contributed by atoms with Gasteiger partial charge in [0.1, 0.15) is 17.6 Å². The van der Waals surface area contributed by atoms with E-state index in [9.17, 15) is 9.18 Å². The molecule has 5 heteroatoms. The summed E-state index contributed by atoms with van der Waals surface area (Å²) in [5, 5.41) is 5.84. The molecular formula is C18H21FN2O2. The Morgan fingerprint density at radius 1 is 1.22 bits per heavy atom. The predicted molar refractivity (Wildman–Crippen MR) is 89.1 cm³/mol. The molecule has 122 valence electrons. The molecular weight excluding hydrogens is 295 g/mol. The van der Waals surface area contributed by atoms with E-state index < -0.39 is 6.04 Å². The third-order valence-electron chi connectivity index (χ3n) is 3.57. The van der Waals surface area contributed by atoms with Crippen LogP contribution in [0.5, 0.6) is 5.75 Å². The quantitative estimate of drug-likeness (QED) is 0.860. The molecule has 2 aromatic rings. The number of rotatable bonds is 6. The minimum Gasteiger partial charge on any atom is -0.497 e. The van der Waals surface area contributed by atoms with E-state index in [0.717, 1.165) is 11.3 Å². The highest BCUT2D eigenvalue weighted by Crippen LogP contribution is 2.15. The maximum Gasteiger partial charge on any atom is 0.242 e. The van der Waals surface area contributed by atoms with Crippen molar-refractivity contribution in [2.45, 2.75) is 26.4 Å². The highest BCUT2D eigenvalue weighted by atomic mass is 19.1.